The molecule has 2 fully saturated rings. The van der Waals surface area contributed by atoms with E-state index in [9.17, 15) is 0 Å². The first kappa shape index (κ1) is 15.1. The van der Waals surface area contributed by atoms with Crippen LogP contribution >= 0.6 is 0 Å². The lowest BCUT2D eigenvalue weighted by atomic mass is 9.78. The molecule has 2 nitrogen and oxygen atoms in total. The number of rotatable bonds is 3. The second-order valence-electron chi connectivity index (χ2n) is 7.18. The van der Waals surface area contributed by atoms with E-state index in [1.807, 2.05) is 0 Å². The van der Waals surface area contributed by atoms with Gasteiger partial charge in [0, 0.05) is 12.6 Å². The minimum atomic E-state index is 0.205. The van der Waals surface area contributed by atoms with Gasteiger partial charge in [-0.15, -0.1) is 0 Å². The van der Waals surface area contributed by atoms with Crippen molar-refractivity contribution >= 4 is 0 Å². The fourth-order valence-electron chi connectivity index (χ4n) is 4.58. The van der Waals surface area contributed by atoms with Crippen LogP contribution in [0.15, 0.2) is 18.2 Å². The monoisotopic (exact) mass is 287 g/mol. The van der Waals surface area contributed by atoms with E-state index < -0.39 is 0 Å². The summed E-state index contributed by atoms with van der Waals surface area (Å²) in [4.78, 5) is 0. The molecule has 1 N–H and O–H groups in total. The normalized spacial score (nSPS) is 26.1. The van der Waals surface area contributed by atoms with E-state index >= 15 is 0 Å². The van der Waals surface area contributed by atoms with Crippen molar-refractivity contribution in [2.24, 2.45) is 5.92 Å². The van der Waals surface area contributed by atoms with E-state index in [1.54, 1.807) is 0 Å². The van der Waals surface area contributed by atoms with Crippen molar-refractivity contribution < 1.29 is 4.74 Å². The Bertz CT molecular complexity index is 470. The van der Waals surface area contributed by atoms with E-state index in [-0.39, 0.29) is 5.60 Å². The molecule has 1 aromatic rings. The molecule has 1 aliphatic heterocycles. The highest BCUT2D eigenvalue weighted by molar-refractivity contribution is 5.31. The van der Waals surface area contributed by atoms with Crippen molar-refractivity contribution in [1.82, 2.24) is 5.32 Å². The van der Waals surface area contributed by atoms with Crippen LogP contribution in [0, 0.1) is 19.8 Å². The van der Waals surface area contributed by atoms with Crippen molar-refractivity contribution in [3.63, 3.8) is 0 Å². The van der Waals surface area contributed by atoms with Gasteiger partial charge < -0.3 is 10.1 Å². The van der Waals surface area contributed by atoms with Crippen molar-refractivity contribution in [3.05, 3.63) is 34.9 Å². The average Bonchev–Trinajstić information content (AvgIpc) is 2.86. The number of benzene rings is 1. The van der Waals surface area contributed by atoms with Crippen molar-refractivity contribution in [1.29, 1.82) is 0 Å². The summed E-state index contributed by atoms with van der Waals surface area (Å²) in [5.74, 6) is 0.697. The van der Waals surface area contributed by atoms with E-state index in [0.717, 1.165) is 6.61 Å². The summed E-state index contributed by atoms with van der Waals surface area (Å²) >= 11 is 0. The quantitative estimate of drug-likeness (QED) is 0.894. The molecule has 2 unspecified atom stereocenters. The van der Waals surface area contributed by atoms with Gasteiger partial charge in [0.1, 0.15) is 0 Å². The fraction of sp³-hybridized carbons (Fsp3) is 0.684. The zero-order chi connectivity index (χ0) is 14.9. The molecule has 1 aliphatic carbocycles. The predicted molar refractivity (Wildman–Crippen MR) is 87.6 cm³/mol. The molecule has 3 rings (SSSR count). The van der Waals surface area contributed by atoms with Gasteiger partial charge in [-0.1, -0.05) is 42.2 Å². The highest BCUT2D eigenvalue weighted by Gasteiger charge is 2.42. The third-order valence-electron chi connectivity index (χ3n) is 5.43. The highest BCUT2D eigenvalue weighted by Crippen LogP contribution is 2.45. The minimum absolute atomic E-state index is 0.205. The van der Waals surface area contributed by atoms with Gasteiger partial charge in [0.25, 0.3) is 0 Å². The second-order valence-corrected chi connectivity index (χ2v) is 7.18. The summed E-state index contributed by atoms with van der Waals surface area (Å²) < 4.78 is 6.21. The molecule has 1 heterocycles. The van der Waals surface area contributed by atoms with Crippen LogP contribution in [-0.4, -0.2) is 19.3 Å². The SMILES string of the molecule is CNC(c1cc(C)cc(C)c1)C1CCOC2(CCCC2)C1. The van der Waals surface area contributed by atoms with E-state index in [1.165, 1.54) is 55.2 Å². The summed E-state index contributed by atoms with van der Waals surface area (Å²) in [6, 6.07) is 7.43. The van der Waals surface area contributed by atoms with Crippen LogP contribution in [0.25, 0.3) is 0 Å². The zero-order valence-electron chi connectivity index (χ0n) is 13.7. The number of hydrogen-bond donors (Lipinski definition) is 1. The van der Waals surface area contributed by atoms with Gasteiger partial charge in [-0.2, -0.15) is 0 Å². The van der Waals surface area contributed by atoms with Crippen molar-refractivity contribution in [2.45, 2.75) is 64.0 Å². The van der Waals surface area contributed by atoms with Crippen LogP contribution < -0.4 is 5.32 Å². The lowest BCUT2D eigenvalue weighted by Crippen LogP contribution is -2.41. The molecular weight excluding hydrogens is 258 g/mol. The molecule has 0 aromatic heterocycles. The maximum absolute atomic E-state index is 6.21. The molecule has 0 amide bonds. The largest absolute Gasteiger partial charge is 0.375 e. The van der Waals surface area contributed by atoms with Crippen LogP contribution in [0.2, 0.25) is 0 Å². The summed E-state index contributed by atoms with van der Waals surface area (Å²) in [5.41, 5.74) is 4.40. The van der Waals surface area contributed by atoms with E-state index in [2.05, 4.69) is 44.4 Å². The molecule has 2 aliphatic rings. The van der Waals surface area contributed by atoms with Gasteiger partial charge in [0.05, 0.1) is 5.60 Å². The Morgan fingerprint density at radius 1 is 1.14 bits per heavy atom. The lowest BCUT2D eigenvalue weighted by molar-refractivity contribution is -0.0978. The predicted octanol–water partition coefficient (Wildman–Crippen LogP) is 4.30. The smallest absolute Gasteiger partial charge is 0.0686 e. The van der Waals surface area contributed by atoms with Crippen LogP contribution in [-0.2, 0) is 4.74 Å². The second kappa shape index (κ2) is 6.10. The highest BCUT2D eigenvalue weighted by atomic mass is 16.5. The molecule has 2 atom stereocenters. The van der Waals surface area contributed by atoms with Gasteiger partial charge in [-0.3, -0.25) is 0 Å². The Hall–Kier alpha value is -0.860. The average molecular weight is 287 g/mol. The number of aryl methyl sites for hydroxylation is 2. The first-order valence-electron chi connectivity index (χ1n) is 8.51. The first-order valence-corrected chi connectivity index (χ1v) is 8.51. The summed E-state index contributed by atoms with van der Waals surface area (Å²) in [6.45, 7) is 5.34. The Morgan fingerprint density at radius 3 is 2.43 bits per heavy atom. The zero-order valence-corrected chi connectivity index (χ0v) is 13.7. The molecule has 0 bridgehead atoms. The molecule has 1 saturated carbocycles. The lowest BCUT2D eigenvalue weighted by Gasteiger charge is -2.41. The molecule has 1 spiro atoms. The summed E-state index contributed by atoms with van der Waals surface area (Å²) in [7, 11) is 2.11. The van der Waals surface area contributed by atoms with Gasteiger partial charge in [0.2, 0.25) is 0 Å². The number of ether oxygens (including phenoxy) is 1. The van der Waals surface area contributed by atoms with Crippen molar-refractivity contribution in [3.8, 4) is 0 Å². The summed E-state index contributed by atoms with van der Waals surface area (Å²) in [6.07, 6.45) is 7.65. The van der Waals surface area contributed by atoms with Crippen molar-refractivity contribution in [2.75, 3.05) is 13.7 Å². The van der Waals surface area contributed by atoms with Crippen LogP contribution in [0.3, 0.4) is 0 Å². The maximum atomic E-state index is 6.21. The molecule has 1 saturated heterocycles. The first-order chi connectivity index (χ1) is 10.1. The van der Waals surface area contributed by atoms with E-state index in [4.69, 9.17) is 4.74 Å². The Morgan fingerprint density at radius 2 is 1.81 bits per heavy atom. The number of hydrogen-bond acceptors (Lipinski definition) is 2. The Balaban J connectivity index is 1.82. The third kappa shape index (κ3) is 3.17. The number of nitrogens with one attached hydrogen (secondary N) is 1. The van der Waals surface area contributed by atoms with Gasteiger partial charge >= 0.3 is 0 Å². The van der Waals surface area contributed by atoms with Gasteiger partial charge in [0.15, 0.2) is 0 Å². The maximum Gasteiger partial charge on any atom is 0.0686 e. The van der Waals surface area contributed by atoms with Gasteiger partial charge in [-0.25, -0.2) is 0 Å². The standard InChI is InChI=1S/C19H29NO/c1-14-10-15(2)12-17(11-14)18(20-3)16-6-9-21-19(13-16)7-4-5-8-19/h10-12,16,18,20H,4-9,13H2,1-3H3. The minimum Gasteiger partial charge on any atom is -0.375 e. The summed E-state index contributed by atoms with van der Waals surface area (Å²) in [5, 5.41) is 3.59. The van der Waals surface area contributed by atoms with Crippen LogP contribution in [0.1, 0.15) is 61.3 Å². The molecule has 1 aromatic carbocycles. The van der Waals surface area contributed by atoms with Crippen LogP contribution in [0.5, 0.6) is 0 Å². The molecular formula is C19H29NO. The topological polar surface area (TPSA) is 21.3 Å². The fourth-order valence-corrected chi connectivity index (χ4v) is 4.58. The Kier molecular flexibility index (Phi) is 4.37. The Labute approximate surface area is 129 Å². The van der Waals surface area contributed by atoms with E-state index in [0.29, 0.717) is 12.0 Å². The van der Waals surface area contributed by atoms with Gasteiger partial charge in [-0.05, 0) is 58.1 Å². The third-order valence-corrected chi connectivity index (χ3v) is 5.43. The molecule has 2 heteroatoms. The molecule has 116 valence electrons. The molecule has 0 radical (unpaired) electrons. The van der Waals surface area contributed by atoms with Crippen LogP contribution in [0.4, 0.5) is 0 Å². The molecule has 21 heavy (non-hydrogen) atoms.